The smallest absolute Gasteiger partial charge is 0.417 e. The van der Waals surface area contributed by atoms with E-state index in [4.69, 9.17) is 16.3 Å². The monoisotopic (exact) mass is 408 g/mol. The Labute approximate surface area is 164 Å². The highest BCUT2D eigenvalue weighted by Crippen LogP contribution is 2.36. The number of amides is 2. The Hall–Kier alpha value is -2.93. The van der Waals surface area contributed by atoms with Crippen LogP contribution in [0.3, 0.4) is 0 Å². The number of benzene rings is 3. The van der Waals surface area contributed by atoms with Crippen LogP contribution in [0.5, 0.6) is 5.75 Å². The number of carbonyl (C=O) groups excluding carboxylic acids is 1. The van der Waals surface area contributed by atoms with Crippen molar-refractivity contribution in [1.29, 1.82) is 0 Å². The van der Waals surface area contributed by atoms with Gasteiger partial charge in [-0.2, -0.15) is 13.2 Å². The van der Waals surface area contributed by atoms with Gasteiger partial charge in [-0.15, -0.1) is 0 Å². The van der Waals surface area contributed by atoms with E-state index in [1.807, 2.05) is 25.1 Å². The van der Waals surface area contributed by atoms with Gasteiger partial charge in [-0.1, -0.05) is 29.8 Å². The zero-order valence-electron chi connectivity index (χ0n) is 14.7. The summed E-state index contributed by atoms with van der Waals surface area (Å²) in [5.74, 6) is 0.650. The zero-order chi connectivity index (χ0) is 20.3. The van der Waals surface area contributed by atoms with Crippen molar-refractivity contribution in [3.05, 3.63) is 65.2 Å². The first-order valence-corrected chi connectivity index (χ1v) is 8.76. The summed E-state index contributed by atoms with van der Waals surface area (Å²) in [5.41, 5.74) is -0.537. The van der Waals surface area contributed by atoms with Gasteiger partial charge in [0.2, 0.25) is 0 Å². The minimum Gasteiger partial charge on any atom is -0.494 e. The predicted octanol–water partition coefficient (Wildman–Crippen LogP) is 6.55. The molecule has 2 N–H and O–H groups in total. The van der Waals surface area contributed by atoms with Crippen molar-refractivity contribution < 1.29 is 22.7 Å². The Morgan fingerprint density at radius 3 is 2.57 bits per heavy atom. The Balaban J connectivity index is 1.83. The number of hydrogen-bond donors (Lipinski definition) is 2. The fourth-order valence-electron chi connectivity index (χ4n) is 2.72. The number of anilines is 2. The lowest BCUT2D eigenvalue weighted by molar-refractivity contribution is -0.137. The number of alkyl halides is 3. The second-order valence-corrected chi connectivity index (χ2v) is 6.30. The average molecular weight is 409 g/mol. The lowest BCUT2D eigenvalue weighted by atomic mass is 10.1. The van der Waals surface area contributed by atoms with Crippen molar-refractivity contribution in [2.75, 3.05) is 17.2 Å². The summed E-state index contributed by atoms with van der Waals surface area (Å²) >= 11 is 5.59. The molecule has 28 heavy (non-hydrogen) atoms. The number of carbonyl (C=O) groups is 1. The van der Waals surface area contributed by atoms with E-state index < -0.39 is 22.8 Å². The number of halogens is 4. The molecule has 0 aliphatic carbocycles. The number of fused-ring (bicyclic) bond motifs is 1. The first-order valence-electron chi connectivity index (χ1n) is 8.38. The van der Waals surface area contributed by atoms with E-state index in [-0.39, 0.29) is 5.69 Å². The number of rotatable bonds is 4. The quantitative estimate of drug-likeness (QED) is 0.514. The van der Waals surface area contributed by atoms with Crippen LogP contribution in [0.1, 0.15) is 12.5 Å². The van der Waals surface area contributed by atoms with Crippen LogP contribution in [-0.4, -0.2) is 12.6 Å². The van der Waals surface area contributed by atoms with Gasteiger partial charge < -0.3 is 15.4 Å². The van der Waals surface area contributed by atoms with Gasteiger partial charge in [0.05, 0.1) is 22.9 Å². The molecule has 0 aliphatic heterocycles. The first kappa shape index (κ1) is 19.8. The predicted molar refractivity (Wildman–Crippen MR) is 104 cm³/mol. The van der Waals surface area contributed by atoms with Crippen LogP contribution in [0.2, 0.25) is 5.02 Å². The van der Waals surface area contributed by atoms with E-state index in [1.54, 1.807) is 18.2 Å². The highest BCUT2D eigenvalue weighted by Gasteiger charge is 2.33. The lowest BCUT2D eigenvalue weighted by Crippen LogP contribution is -2.20. The van der Waals surface area contributed by atoms with E-state index in [1.165, 1.54) is 6.07 Å². The molecule has 0 unspecified atom stereocenters. The molecular weight excluding hydrogens is 393 g/mol. The summed E-state index contributed by atoms with van der Waals surface area (Å²) in [6.07, 6.45) is -4.61. The maximum Gasteiger partial charge on any atom is 0.417 e. The molecule has 146 valence electrons. The van der Waals surface area contributed by atoms with Crippen LogP contribution >= 0.6 is 11.6 Å². The molecule has 3 aromatic carbocycles. The van der Waals surface area contributed by atoms with E-state index in [9.17, 15) is 18.0 Å². The van der Waals surface area contributed by atoms with E-state index in [2.05, 4.69) is 10.6 Å². The minimum absolute atomic E-state index is 0.0236. The molecule has 0 aliphatic rings. The van der Waals surface area contributed by atoms with Crippen molar-refractivity contribution in [2.45, 2.75) is 13.1 Å². The van der Waals surface area contributed by atoms with Gasteiger partial charge >= 0.3 is 12.2 Å². The van der Waals surface area contributed by atoms with Crippen LogP contribution in [0.25, 0.3) is 10.8 Å². The molecule has 3 rings (SSSR count). The molecule has 0 heterocycles. The second-order valence-electron chi connectivity index (χ2n) is 5.89. The molecule has 0 radical (unpaired) electrons. The Morgan fingerprint density at radius 1 is 1.07 bits per heavy atom. The van der Waals surface area contributed by atoms with E-state index >= 15 is 0 Å². The summed E-state index contributed by atoms with van der Waals surface area (Å²) in [6, 6.07) is 13.3. The number of nitrogens with one attached hydrogen (secondary N) is 2. The topological polar surface area (TPSA) is 50.4 Å². The summed E-state index contributed by atoms with van der Waals surface area (Å²) < 4.78 is 44.4. The highest BCUT2D eigenvalue weighted by molar-refractivity contribution is 6.31. The molecule has 0 saturated carbocycles. The summed E-state index contributed by atoms with van der Waals surface area (Å²) in [7, 11) is 0. The molecule has 2 amide bonds. The number of urea groups is 1. The van der Waals surface area contributed by atoms with E-state index in [0.717, 1.165) is 22.9 Å². The van der Waals surface area contributed by atoms with Crippen molar-refractivity contribution in [3.8, 4) is 5.75 Å². The van der Waals surface area contributed by atoms with Crippen LogP contribution in [0, 0.1) is 0 Å². The van der Waals surface area contributed by atoms with Gasteiger partial charge in [0.25, 0.3) is 0 Å². The highest BCUT2D eigenvalue weighted by atomic mass is 35.5. The lowest BCUT2D eigenvalue weighted by Gasteiger charge is -2.13. The summed E-state index contributed by atoms with van der Waals surface area (Å²) in [5, 5.41) is 6.24. The fraction of sp³-hybridized carbons (Fsp3) is 0.150. The van der Waals surface area contributed by atoms with Crippen LogP contribution in [0.15, 0.2) is 54.6 Å². The molecule has 0 spiro atoms. The van der Waals surface area contributed by atoms with Crippen molar-refractivity contribution >= 4 is 39.8 Å². The first-order chi connectivity index (χ1) is 13.3. The van der Waals surface area contributed by atoms with Crippen LogP contribution < -0.4 is 15.4 Å². The summed E-state index contributed by atoms with van der Waals surface area (Å²) in [6.45, 7) is 2.36. The van der Waals surface area contributed by atoms with Gasteiger partial charge in [-0.3, -0.25) is 0 Å². The number of hydrogen-bond acceptors (Lipinski definition) is 2. The third kappa shape index (κ3) is 4.48. The number of ether oxygens (including phenoxy) is 1. The van der Waals surface area contributed by atoms with Gasteiger partial charge in [0.1, 0.15) is 5.75 Å². The van der Waals surface area contributed by atoms with Crippen molar-refractivity contribution in [3.63, 3.8) is 0 Å². The summed E-state index contributed by atoms with van der Waals surface area (Å²) in [4.78, 5) is 12.3. The standard InChI is InChI=1S/C20H16ClF3N2O2/c1-2-28-14-8-6-12-4-3-5-18(15(12)11-14)26-19(27)25-13-7-9-17(21)16(10-13)20(22,23)24/h3-11H,2H2,1H3,(H2,25,26,27). The molecule has 0 atom stereocenters. The normalized spacial score (nSPS) is 11.3. The maximum atomic E-state index is 13.0. The van der Waals surface area contributed by atoms with Gasteiger partial charge in [0, 0.05) is 11.1 Å². The van der Waals surface area contributed by atoms with E-state index in [0.29, 0.717) is 18.0 Å². The second kappa shape index (κ2) is 7.98. The molecule has 4 nitrogen and oxygen atoms in total. The van der Waals surface area contributed by atoms with Gasteiger partial charge in [-0.05, 0) is 48.7 Å². The fourth-order valence-corrected chi connectivity index (χ4v) is 2.95. The van der Waals surface area contributed by atoms with Crippen molar-refractivity contribution in [2.24, 2.45) is 0 Å². The molecular formula is C20H16ClF3N2O2. The van der Waals surface area contributed by atoms with Crippen molar-refractivity contribution in [1.82, 2.24) is 0 Å². The van der Waals surface area contributed by atoms with Crippen LogP contribution in [0.4, 0.5) is 29.3 Å². The molecule has 0 saturated heterocycles. The Kier molecular flexibility index (Phi) is 5.65. The Bertz CT molecular complexity index is 1020. The molecule has 0 aromatic heterocycles. The minimum atomic E-state index is -4.61. The Morgan fingerprint density at radius 2 is 1.86 bits per heavy atom. The molecule has 3 aromatic rings. The maximum absolute atomic E-state index is 13.0. The van der Waals surface area contributed by atoms with Gasteiger partial charge in [-0.25, -0.2) is 4.79 Å². The molecule has 8 heteroatoms. The van der Waals surface area contributed by atoms with Crippen LogP contribution in [-0.2, 0) is 6.18 Å². The SMILES string of the molecule is CCOc1ccc2cccc(NC(=O)Nc3ccc(Cl)c(C(F)(F)F)c3)c2c1. The molecule has 0 bridgehead atoms. The van der Waals surface area contributed by atoms with Gasteiger partial charge in [0.15, 0.2) is 0 Å². The largest absolute Gasteiger partial charge is 0.494 e. The molecule has 0 fully saturated rings. The third-order valence-electron chi connectivity index (χ3n) is 3.94. The third-order valence-corrected chi connectivity index (χ3v) is 4.27. The zero-order valence-corrected chi connectivity index (χ0v) is 15.5. The average Bonchev–Trinajstić information content (AvgIpc) is 2.63.